The van der Waals surface area contributed by atoms with Gasteiger partial charge in [-0.3, -0.25) is 11.3 Å². The van der Waals surface area contributed by atoms with Crippen molar-refractivity contribution >= 4 is 11.6 Å². The first kappa shape index (κ1) is 13.4. The summed E-state index contributed by atoms with van der Waals surface area (Å²) in [6.07, 6.45) is 6.55. The fraction of sp³-hybridized carbons (Fsp3) is 0.625. The molecule has 0 aliphatic heterocycles. The Kier molecular flexibility index (Phi) is 3.84. The minimum absolute atomic E-state index is 0.371. The highest BCUT2D eigenvalue weighted by Crippen LogP contribution is 2.49. The van der Waals surface area contributed by atoms with Gasteiger partial charge in [0.2, 0.25) is 0 Å². The topological polar surface area (TPSA) is 38.0 Å². The molecular formula is C16H23ClN2. The van der Waals surface area contributed by atoms with Crippen molar-refractivity contribution < 1.29 is 0 Å². The van der Waals surface area contributed by atoms with Crippen molar-refractivity contribution in [3.63, 3.8) is 0 Å². The summed E-state index contributed by atoms with van der Waals surface area (Å²) in [5.74, 6) is 8.40. The number of aryl methyl sites for hydroxylation is 1. The van der Waals surface area contributed by atoms with Crippen molar-refractivity contribution in [1.29, 1.82) is 0 Å². The summed E-state index contributed by atoms with van der Waals surface area (Å²) in [5.41, 5.74) is 5.49. The van der Waals surface area contributed by atoms with Crippen LogP contribution < -0.4 is 11.3 Å². The van der Waals surface area contributed by atoms with Crippen molar-refractivity contribution in [1.82, 2.24) is 5.43 Å². The van der Waals surface area contributed by atoms with Gasteiger partial charge < -0.3 is 0 Å². The molecule has 2 bridgehead atoms. The molecule has 0 saturated heterocycles. The zero-order valence-corrected chi connectivity index (χ0v) is 12.3. The third-order valence-corrected chi connectivity index (χ3v) is 5.52. The van der Waals surface area contributed by atoms with Gasteiger partial charge in [0.15, 0.2) is 0 Å². The van der Waals surface area contributed by atoms with E-state index >= 15 is 0 Å². The molecule has 1 aromatic rings. The smallest absolute Gasteiger partial charge is 0.0441 e. The van der Waals surface area contributed by atoms with Crippen LogP contribution in [0.2, 0.25) is 5.02 Å². The summed E-state index contributed by atoms with van der Waals surface area (Å²) < 4.78 is 0. The molecule has 0 radical (unpaired) electrons. The van der Waals surface area contributed by atoms with Gasteiger partial charge in [-0.25, -0.2) is 0 Å². The standard InChI is InChI=1S/C16H23ClN2/c1-10-2-4-13(15(17)6-10)9-16(19-18)14-8-11-3-5-12(14)7-11/h2,4,6,11-12,14,16,19H,3,5,7-9,18H2,1H3. The molecule has 2 fully saturated rings. The van der Waals surface area contributed by atoms with Gasteiger partial charge in [-0.2, -0.15) is 0 Å². The molecule has 3 N–H and O–H groups in total. The van der Waals surface area contributed by atoms with E-state index in [1.165, 1.54) is 36.8 Å². The van der Waals surface area contributed by atoms with Gasteiger partial charge >= 0.3 is 0 Å². The fourth-order valence-corrected chi connectivity index (χ4v) is 4.49. The van der Waals surface area contributed by atoms with Crippen LogP contribution in [0.5, 0.6) is 0 Å². The van der Waals surface area contributed by atoms with Crippen LogP contribution in [0, 0.1) is 24.7 Å². The molecule has 4 unspecified atom stereocenters. The molecule has 1 aromatic carbocycles. The first-order chi connectivity index (χ1) is 9.17. The number of rotatable bonds is 4. The lowest BCUT2D eigenvalue weighted by Crippen LogP contribution is -2.44. The van der Waals surface area contributed by atoms with Crippen LogP contribution in [0.1, 0.15) is 36.8 Å². The Balaban J connectivity index is 1.73. The Labute approximate surface area is 120 Å². The van der Waals surface area contributed by atoms with Crippen LogP contribution >= 0.6 is 11.6 Å². The number of fused-ring (bicyclic) bond motifs is 2. The zero-order chi connectivity index (χ0) is 13.4. The zero-order valence-electron chi connectivity index (χ0n) is 11.5. The second kappa shape index (κ2) is 5.43. The predicted octanol–water partition coefficient (Wildman–Crippen LogP) is 3.46. The number of halogens is 1. The van der Waals surface area contributed by atoms with Gasteiger partial charge in [0.05, 0.1) is 0 Å². The van der Waals surface area contributed by atoms with E-state index < -0.39 is 0 Å². The number of nitrogens with one attached hydrogen (secondary N) is 1. The Morgan fingerprint density at radius 3 is 2.79 bits per heavy atom. The molecular weight excluding hydrogens is 256 g/mol. The highest BCUT2D eigenvalue weighted by molar-refractivity contribution is 6.31. The molecule has 4 atom stereocenters. The molecule has 2 nitrogen and oxygen atoms in total. The van der Waals surface area contributed by atoms with E-state index in [2.05, 4.69) is 24.5 Å². The Hall–Kier alpha value is -0.570. The number of nitrogens with two attached hydrogens (primary N) is 1. The molecule has 0 aromatic heterocycles. The molecule has 0 spiro atoms. The van der Waals surface area contributed by atoms with E-state index in [-0.39, 0.29) is 0 Å². The molecule has 104 valence electrons. The summed E-state index contributed by atoms with van der Waals surface area (Å²) >= 11 is 6.35. The van der Waals surface area contributed by atoms with Crippen LogP contribution in [-0.4, -0.2) is 6.04 Å². The van der Waals surface area contributed by atoms with E-state index in [4.69, 9.17) is 17.4 Å². The van der Waals surface area contributed by atoms with Crippen molar-refractivity contribution in [3.8, 4) is 0 Å². The van der Waals surface area contributed by atoms with Crippen molar-refractivity contribution in [3.05, 3.63) is 34.3 Å². The molecule has 0 heterocycles. The van der Waals surface area contributed by atoms with Crippen LogP contribution in [0.25, 0.3) is 0 Å². The van der Waals surface area contributed by atoms with Crippen LogP contribution in [0.4, 0.5) is 0 Å². The average molecular weight is 279 g/mol. The van der Waals surface area contributed by atoms with E-state index in [9.17, 15) is 0 Å². The molecule has 2 aliphatic carbocycles. The number of hydrogen-bond acceptors (Lipinski definition) is 2. The quantitative estimate of drug-likeness (QED) is 0.654. The molecule has 3 rings (SSSR count). The van der Waals surface area contributed by atoms with Crippen LogP contribution in [0.3, 0.4) is 0 Å². The largest absolute Gasteiger partial charge is 0.271 e. The SMILES string of the molecule is Cc1ccc(CC(NN)C2CC3CCC2C3)c(Cl)c1. The highest BCUT2D eigenvalue weighted by atomic mass is 35.5. The van der Waals surface area contributed by atoms with Gasteiger partial charge in [-0.1, -0.05) is 30.2 Å². The van der Waals surface area contributed by atoms with Crippen molar-refractivity contribution in [2.24, 2.45) is 23.6 Å². The highest BCUT2D eigenvalue weighted by Gasteiger charge is 2.42. The summed E-state index contributed by atoms with van der Waals surface area (Å²) in [5, 5.41) is 0.878. The summed E-state index contributed by atoms with van der Waals surface area (Å²) in [6, 6.07) is 6.70. The lowest BCUT2D eigenvalue weighted by molar-refractivity contribution is 0.248. The maximum absolute atomic E-state index is 6.35. The first-order valence-corrected chi connectivity index (χ1v) is 7.76. The van der Waals surface area contributed by atoms with Gasteiger partial charge in [0.1, 0.15) is 0 Å². The van der Waals surface area contributed by atoms with Crippen LogP contribution in [0.15, 0.2) is 18.2 Å². The van der Waals surface area contributed by atoms with Gasteiger partial charge in [0.25, 0.3) is 0 Å². The molecule has 0 amide bonds. The third-order valence-electron chi connectivity index (χ3n) is 5.17. The Bertz CT molecular complexity index is 460. The molecule has 3 heteroatoms. The van der Waals surface area contributed by atoms with E-state index in [0.717, 1.165) is 29.2 Å². The van der Waals surface area contributed by atoms with E-state index in [1.807, 2.05) is 6.07 Å². The monoisotopic (exact) mass is 278 g/mol. The fourth-order valence-electron chi connectivity index (χ4n) is 4.18. The van der Waals surface area contributed by atoms with Gasteiger partial charge in [0, 0.05) is 11.1 Å². The lowest BCUT2D eigenvalue weighted by Gasteiger charge is -2.30. The first-order valence-electron chi connectivity index (χ1n) is 7.38. The third kappa shape index (κ3) is 2.67. The van der Waals surface area contributed by atoms with Crippen LogP contribution in [-0.2, 0) is 6.42 Å². The van der Waals surface area contributed by atoms with Crippen molar-refractivity contribution in [2.45, 2.75) is 45.1 Å². The van der Waals surface area contributed by atoms with Gasteiger partial charge in [-0.15, -0.1) is 0 Å². The van der Waals surface area contributed by atoms with E-state index in [0.29, 0.717) is 6.04 Å². The summed E-state index contributed by atoms with van der Waals surface area (Å²) in [4.78, 5) is 0. The second-order valence-electron chi connectivity index (χ2n) is 6.41. The van der Waals surface area contributed by atoms with E-state index in [1.54, 1.807) is 0 Å². The lowest BCUT2D eigenvalue weighted by atomic mass is 9.81. The Morgan fingerprint density at radius 2 is 2.21 bits per heavy atom. The normalized spacial score (nSPS) is 30.8. The Morgan fingerprint density at radius 1 is 1.37 bits per heavy atom. The summed E-state index contributed by atoms with van der Waals surface area (Å²) in [6.45, 7) is 2.07. The average Bonchev–Trinajstić information content (AvgIpc) is 3.00. The van der Waals surface area contributed by atoms with Crippen molar-refractivity contribution in [2.75, 3.05) is 0 Å². The van der Waals surface area contributed by atoms with Gasteiger partial charge in [-0.05, 0) is 67.6 Å². The maximum atomic E-state index is 6.35. The maximum Gasteiger partial charge on any atom is 0.0441 e. The number of hydrazine groups is 1. The number of hydrogen-bond donors (Lipinski definition) is 2. The minimum atomic E-state index is 0.371. The second-order valence-corrected chi connectivity index (χ2v) is 6.82. The minimum Gasteiger partial charge on any atom is -0.271 e. The molecule has 2 aliphatic rings. The molecule has 2 saturated carbocycles. The molecule has 19 heavy (non-hydrogen) atoms. The number of benzene rings is 1. The predicted molar refractivity (Wildman–Crippen MR) is 79.9 cm³/mol. The summed E-state index contributed by atoms with van der Waals surface area (Å²) in [7, 11) is 0.